The topological polar surface area (TPSA) is 95.0 Å². The van der Waals surface area contributed by atoms with E-state index in [2.05, 4.69) is 16.5 Å². The Kier molecular flexibility index (Phi) is 4.16. The Bertz CT molecular complexity index is 720. The van der Waals surface area contributed by atoms with Crippen molar-refractivity contribution >= 4 is 17.4 Å². The van der Waals surface area contributed by atoms with Crippen LogP contribution in [0.5, 0.6) is 0 Å². The SMILES string of the molecule is Cc1cc(C(=O)N(C)c2cccc(C#N)c2)cc(NN)n1. The van der Waals surface area contributed by atoms with Crippen molar-refractivity contribution in [2.75, 3.05) is 17.4 Å². The van der Waals surface area contributed by atoms with Gasteiger partial charge in [0.2, 0.25) is 0 Å². The first-order chi connectivity index (χ1) is 10.0. The van der Waals surface area contributed by atoms with Crippen LogP contribution in [0.25, 0.3) is 0 Å². The van der Waals surface area contributed by atoms with Crippen LogP contribution in [0.4, 0.5) is 11.5 Å². The molecule has 0 aliphatic carbocycles. The van der Waals surface area contributed by atoms with Gasteiger partial charge < -0.3 is 10.3 Å². The molecule has 6 heteroatoms. The number of nitrogens with zero attached hydrogens (tertiary/aromatic N) is 3. The number of carbonyl (C=O) groups excluding carboxylic acids is 1. The zero-order valence-electron chi connectivity index (χ0n) is 11.8. The number of aromatic nitrogens is 1. The van der Waals surface area contributed by atoms with Crippen molar-refractivity contribution in [3.8, 4) is 6.07 Å². The normalized spacial score (nSPS) is 9.81. The summed E-state index contributed by atoms with van der Waals surface area (Å²) in [7, 11) is 1.66. The van der Waals surface area contributed by atoms with Crippen LogP contribution in [0.15, 0.2) is 36.4 Å². The molecule has 0 radical (unpaired) electrons. The van der Waals surface area contributed by atoms with E-state index in [1.807, 2.05) is 0 Å². The lowest BCUT2D eigenvalue weighted by atomic mass is 10.1. The smallest absolute Gasteiger partial charge is 0.258 e. The molecular formula is C15H15N5O. The van der Waals surface area contributed by atoms with Gasteiger partial charge >= 0.3 is 0 Å². The fourth-order valence-electron chi connectivity index (χ4n) is 1.96. The van der Waals surface area contributed by atoms with Crippen LogP contribution in [-0.4, -0.2) is 17.9 Å². The number of pyridine rings is 1. The lowest BCUT2D eigenvalue weighted by Gasteiger charge is -2.18. The lowest BCUT2D eigenvalue weighted by Crippen LogP contribution is -2.26. The number of nitrogens with one attached hydrogen (secondary N) is 1. The van der Waals surface area contributed by atoms with Crippen molar-refractivity contribution in [1.29, 1.82) is 5.26 Å². The van der Waals surface area contributed by atoms with Gasteiger partial charge in [0.15, 0.2) is 0 Å². The molecule has 1 amide bonds. The van der Waals surface area contributed by atoms with Crippen LogP contribution in [0.1, 0.15) is 21.6 Å². The van der Waals surface area contributed by atoms with Gasteiger partial charge in [0.05, 0.1) is 11.6 Å². The van der Waals surface area contributed by atoms with Crippen molar-refractivity contribution in [3.05, 3.63) is 53.2 Å². The van der Waals surface area contributed by atoms with Crippen LogP contribution in [0, 0.1) is 18.3 Å². The molecule has 1 aromatic heterocycles. The molecule has 106 valence electrons. The highest BCUT2D eigenvalue weighted by molar-refractivity contribution is 6.06. The minimum absolute atomic E-state index is 0.202. The van der Waals surface area contributed by atoms with Gasteiger partial charge in [-0.3, -0.25) is 4.79 Å². The molecule has 6 nitrogen and oxygen atoms in total. The first kappa shape index (κ1) is 14.5. The number of amides is 1. The van der Waals surface area contributed by atoms with Gasteiger partial charge in [-0.2, -0.15) is 5.26 Å². The Morgan fingerprint density at radius 3 is 2.81 bits per heavy atom. The molecule has 0 aliphatic rings. The monoisotopic (exact) mass is 281 g/mol. The van der Waals surface area contributed by atoms with E-state index in [4.69, 9.17) is 11.1 Å². The van der Waals surface area contributed by atoms with E-state index in [1.165, 1.54) is 4.90 Å². The average molecular weight is 281 g/mol. The number of hydrogen-bond donors (Lipinski definition) is 2. The Morgan fingerprint density at radius 1 is 1.38 bits per heavy atom. The van der Waals surface area contributed by atoms with Gasteiger partial charge in [-0.15, -0.1) is 0 Å². The maximum atomic E-state index is 12.5. The molecule has 3 N–H and O–H groups in total. The quantitative estimate of drug-likeness (QED) is 0.661. The molecule has 1 heterocycles. The third kappa shape index (κ3) is 3.16. The molecule has 2 rings (SSSR count). The number of carbonyl (C=O) groups is 1. The summed E-state index contributed by atoms with van der Waals surface area (Å²) in [5.74, 6) is 5.57. The highest BCUT2D eigenvalue weighted by Gasteiger charge is 2.15. The number of nitrogens with two attached hydrogens (primary N) is 1. The number of anilines is 2. The van der Waals surface area contributed by atoms with Crippen LogP contribution in [0.3, 0.4) is 0 Å². The number of benzene rings is 1. The summed E-state index contributed by atoms with van der Waals surface area (Å²) < 4.78 is 0. The van der Waals surface area contributed by atoms with Crippen LogP contribution < -0.4 is 16.2 Å². The minimum atomic E-state index is -0.202. The number of nitriles is 1. The first-order valence-corrected chi connectivity index (χ1v) is 6.28. The lowest BCUT2D eigenvalue weighted by molar-refractivity contribution is 0.0993. The van der Waals surface area contributed by atoms with Crippen LogP contribution in [-0.2, 0) is 0 Å². The van der Waals surface area contributed by atoms with Gasteiger partial charge in [0.25, 0.3) is 5.91 Å². The van der Waals surface area contributed by atoms with Gasteiger partial charge in [0, 0.05) is 24.0 Å². The van der Waals surface area contributed by atoms with Gasteiger partial charge in [-0.1, -0.05) is 6.07 Å². The number of hydrogen-bond acceptors (Lipinski definition) is 5. The molecule has 2 aromatic rings. The van der Waals surface area contributed by atoms with E-state index in [0.717, 1.165) is 0 Å². The van der Waals surface area contributed by atoms with E-state index in [1.54, 1.807) is 50.4 Å². The Labute approximate surface area is 122 Å². The highest BCUT2D eigenvalue weighted by atomic mass is 16.2. The standard InChI is InChI=1S/C15H15N5O/c1-10-6-12(8-14(18-10)19-17)15(21)20(2)13-5-3-4-11(7-13)9-16/h3-8H,17H2,1-2H3,(H,18,19). The second kappa shape index (κ2) is 6.03. The number of hydrazine groups is 1. The minimum Gasteiger partial charge on any atom is -0.311 e. The summed E-state index contributed by atoms with van der Waals surface area (Å²) in [4.78, 5) is 18.1. The molecule has 0 saturated carbocycles. The summed E-state index contributed by atoms with van der Waals surface area (Å²) in [5, 5.41) is 8.92. The van der Waals surface area contributed by atoms with E-state index in [9.17, 15) is 4.79 Å². The molecule has 0 fully saturated rings. The number of aryl methyl sites for hydroxylation is 1. The van der Waals surface area contributed by atoms with E-state index >= 15 is 0 Å². The van der Waals surface area contributed by atoms with Crippen LogP contribution >= 0.6 is 0 Å². The van der Waals surface area contributed by atoms with Crippen molar-refractivity contribution in [3.63, 3.8) is 0 Å². The summed E-state index contributed by atoms with van der Waals surface area (Å²) in [6, 6.07) is 12.2. The van der Waals surface area contributed by atoms with Crippen molar-refractivity contribution in [1.82, 2.24) is 4.98 Å². The molecule has 0 atom stereocenters. The van der Waals surface area contributed by atoms with Gasteiger partial charge in [0.1, 0.15) is 5.82 Å². The largest absolute Gasteiger partial charge is 0.311 e. The zero-order chi connectivity index (χ0) is 15.4. The number of rotatable bonds is 3. The Hall–Kier alpha value is -2.91. The predicted octanol–water partition coefficient (Wildman–Crippen LogP) is 1.82. The molecule has 1 aromatic carbocycles. The van der Waals surface area contributed by atoms with E-state index in [0.29, 0.717) is 28.3 Å². The van der Waals surface area contributed by atoms with Crippen molar-refractivity contribution in [2.45, 2.75) is 6.92 Å². The average Bonchev–Trinajstić information content (AvgIpc) is 2.52. The Morgan fingerprint density at radius 2 is 2.14 bits per heavy atom. The highest BCUT2D eigenvalue weighted by Crippen LogP contribution is 2.18. The van der Waals surface area contributed by atoms with Gasteiger partial charge in [-0.05, 0) is 37.3 Å². The molecule has 21 heavy (non-hydrogen) atoms. The first-order valence-electron chi connectivity index (χ1n) is 6.28. The zero-order valence-corrected chi connectivity index (χ0v) is 11.8. The van der Waals surface area contributed by atoms with Crippen molar-refractivity contribution < 1.29 is 4.79 Å². The molecule has 0 saturated heterocycles. The third-order valence-electron chi connectivity index (χ3n) is 3.02. The fraction of sp³-hybridized carbons (Fsp3) is 0.133. The summed E-state index contributed by atoms with van der Waals surface area (Å²) in [5.41, 5.74) is 4.75. The molecular weight excluding hydrogens is 266 g/mol. The van der Waals surface area contributed by atoms with Crippen molar-refractivity contribution in [2.24, 2.45) is 5.84 Å². The molecule has 0 aliphatic heterocycles. The summed E-state index contributed by atoms with van der Waals surface area (Å²) >= 11 is 0. The maximum absolute atomic E-state index is 12.5. The van der Waals surface area contributed by atoms with E-state index in [-0.39, 0.29) is 5.91 Å². The number of nitrogen functional groups attached to an aromatic ring is 1. The molecule has 0 bridgehead atoms. The third-order valence-corrected chi connectivity index (χ3v) is 3.02. The van der Waals surface area contributed by atoms with Crippen LogP contribution in [0.2, 0.25) is 0 Å². The predicted molar refractivity (Wildman–Crippen MR) is 80.7 cm³/mol. The molecule has 0 unspecified atom stereocenters. The summed E-state index contributed by atoms with van der Waals surface area (Å²) in [6.07, 6.45) is 0. The Balaban J connectivity index is 2.35. The maximum Gasteiger partial charge on any atom is 0.258 e. The van der Waals surface area contributed by atoms with E-state index < -0.39 is 0 Å². The van der Waals surface area contributed by atoms with Gasteiger partial charge in [-0.25, -0.2) is 10.8 Å². The fourth-order valence-corrected chi connectivity index (χ4v) is 1.96. The molecule has 0 spiro atoms. The summed E-state index contributed by atoms with van der Waals surface area (Å²) in [6.45, 7) is 1.79. The second-order valence-electron chi connectivity index (χ2n) is 4.55. The second-order valence-corrected chi connectivity index (χ2v) is 4.55.